The van der Waals surface area contributed by atoms with Crippen LogP contribution in [-0.2, 0) is 0 Å². The third-order valence-electron chi connectivity index (χ3n) is 2.68. The molecule has 0 saturated carbocycles. The van der Waals surface area contributed by atoms with E-state index in [1.807, 2.05) is 45.0 Å². The van der Waals surface area contributed by atoms with Crippen LogP contribution in [0.5, 0.6) is 5.75 Å². The maximum absolute atomic E-state index is 11.9. The predicted molar refractivity (Wildman–Crippen MR) is 79.0 cm³/mol. The van der Waals surface area contributed by atoms with Crippen LogP contribution in [0, 0.1) is 6.92 Å². The van der Waals surface area contributed by atoms with E-state index in [-0.39, 0.29) is 11.9 Å². The Kier molecular flexibility index (Phi) is 4.41. The molecular formula is C17H18O3. The van der Waals surface area contributed by atoms with Gasteiger partial charge in [-0.25, -0.2) is 0 Å². The van der Waals surface area contributed by atoms with Crippen LogP contribution in [0.2, 0.25) is 0 Å². The van der Waals surface area contributed by atoms with E-state index < -0.39 is 0 Å². The fourth-order valence-corrected chi connectivity index (χ4v) is 1.79. The van der Waals surface area contributed by atoms with Gasteiger partial charge in [0.15, 0.2) is 5.76 Å². The first-order valence-corrected chi connectivity index (χ1v) is 6.61. The van der Waals surface area contributed by atoms with Crippen LogP contribution in [0.25, 0.3) is 6.08 Å². The van der Waals surface area contributed by atoms with Gasteiger partial charge in [0.25, 0.3) is 0 Å². The summed E-state index contributed by atoms with van der Waals surface area (Å²) in [4.78, 5) is 11.9. The summed E-state index contributed by atoms with van der Waals surface area (Å²) in [7, 11) is 0. The zero-order valence-electron chi connectivity index (χ0n) is 11.9. The Morgan fingerprint density at radius 2 is 1.95 bits per heavy atom. The van der Waals surface area contributed by atoms with Gasteiger partial charge in [0.05, 0.1) is 6.10 Å². The van der Waals surface area contributed by atoms with Crippen molar-refractivity contribution >= 4 is 11.9 Å². The molecule has 0 saturated heterocycles. The number of furan rings is 1. The molecule has 0 radical (unpaired) electrons. The first-order chi connectivity index (χ1) is 9.56. The quantitative estimate of drug-likeness (QED) is 0.601. The van der Waals surface area contributed by atoms with E-state index >= 15 is 0 Å². The topological polar surface area (TPSA) is 39.4 Å². The molecule has 0 aliphatic carbocycles. The highest BCUT2D eigenvalue weighted by Gasteiger charge is 2.07. The minimum atomic E-state index is -0.155. The molecule has 0 amide bonds. The van der Waals surface area contributed by atoms with Gasteiger partial charge in [-0.2, -0.15) is 0 Å². The van der Waals surface area contributed by atoms with Gasteiger partial charge in [-0.3, -0.25) is 4.79 Å². The third-order valence-corrected chi connectivity index (χ3v) is 2.68. The molecular weight excluding hydrogens is 252 g/mol. The van der Waals surface area contributed by atoms with E-state index in [0.717, 1.165) is 17.1 Å². The summed E-state index contributed by atoms with van der Waals surface area (Å²) in [5.74, 6) is 1.69. The van der Waals surface area contributed by atoms with Crippen molar-refractivity contribution in [2.24, 2.45) is 0 Å². The second-order valence-corrected chi connectivity index (χ2v) is 4.81. The van der Waals surface area contributed by atoms with Gasteiger partial charge in [-0.1, -0.05) is 18.2 Å². The Morgan fingerprint density at radius 3 is 2.60 bits per heavy atom. The zero-order valence-corrected chi connectivity index (χ0v) is 11.9. The third kappa shape index (κ3) is 3.60. The normalized spacial score (nSPS) is 11.2. The molecule has 0 unspecified atom stereocenters. The number of ether oxygens (including phenoxy) is 1. The summed E-state index contributed by atoms with van der Waals surface area (Å²) in [6.07, 6.45) is 3.34. The van der Waals surface area contributed by atoms with E-state index in [2.05, 4.69) is 0 Å². The second kappa shape index (κ2) is 6.24. The summed E-state index contributed by atoms with van der Waals surface area (Å²) in [5.41, 5.74) is 0.873. The molecule has 0 atom stereocenters. The summed E-state index contributed by atoms with van der Waals surface area (Å²) < 4.78 is 11.0. The fourth-order valence-electron chi connectivity index (χ4n) is 1.79. The highest BCUT2D eigenvalue weighted by atomic mass is 16.5. The Bertz CT molecular complexity index is 621. The first kappa shape index (κ1) is 14.1. The SMILES string of the molecule is Cc1ccc(C(=O)/C=C/c2ccccc2OC(C)C)o1. The molecule has 3 nitrogen and oxygen atoms in total. The number of hydrogen-bond donors (Lipinski definition) is 0. The van der Waals surface area contributed by atoms with Crippen molar-refractivity contribution in [3.8, 4) is 5.75 Å². The van der Waals surface area contributed by atoms with Gasteiger partial charge in [0, 0.05) is 5.56 Å². The molecule has 1 heterocycles. The maximum Gasteiger partial charge on any atom is 0.221 e. The second-order valence-electron chi connectivity index (χ2n) is 4.81. The molecule has 0 aliphatic rings. The molecule has 0 bridgehead atoms. The number of allylic oxidation sites excluding steroid dienone is 1. The Morgan fingerprint density at radius 1 is 1.20 bits per heavy atom. The fraction of sp³-hybridized carbons (Fsp3) is 0.235. The van der Waals surface area contributed by atoms with Crippen LogP contribution in [0.15, 0.2) is 46.9 Å². The monoisotopic (exact) mass is 270 g/mol. The van der Waals surface area contributed by atoms with E-state index in [9.17, 15) is 4.79 Å². The van der Waals surface area contributed by atoms with Crippen molar-refractivity contribution < 1.29 is 13.9 Å². The summed E-state index contributed by atoms with van der Waals surface area (Å²) >= 11 is 0. The van der Waals surface area contributed by atoms with Crippen molar-refractivity contribution in [3.63, 3.8) is 0 Å². The molecule has 2 rings (SSSR count). The molecule has 0 fully saturated rings. The van der Waals surface area contributed by atoms with Gasteiger partial charge in [0.1, 0.15) is 11.5 Å². The van der Waals surface area contributed by atoms with Crippen molar-refractivity contribution in [2.45, 2.75) is 26.9 Å². The summed E-state index contributed by atoms with van der Waals surface area (Å²) in [6.45, 7) is 5.75. The Hall–Kier alpha value is -2.29. The number of carbonyl (C=O) groups is 1. The molecule has 0 spiro atoms. The molecule has 0 N–H and O–H groups in total. The summed E-state index contributed by atoms with van der Waals surface area (Å²) in [5, 5.41) is 0. The minimum Gasteiger partial charge on any atom is -0.490 e. The number of aryl methyl sites for hydroxylation is 1. The highest BCUT2D eigenvalue weighted by molar-refractivity contribution is 6.05. The van der Waals surface area contributed by atoms with Gasteiger partial charge in [-0.15, -0.1) is 0 Å². The van der Waals surface area contributed by atoms with Crippen LogP contribution in [0.4, 0.5) is 0 Å². The average Bonchev–Trinajstić information content (AvgIpc) is 2.83. The van der Waals surface area contributed by atoms with E-state index in [0.29, 0.717) is 5.76 Å². The molecule has 104 valence electrons. The molecule has 3 heteroatoms. The number of carbonyl (C=O) groups excluding carboxylic acids is 1. The molecule has 1 aromatic heterocycles. The van der Waals surface area contributed by atoms with Crippen LogP contribution >= 0.6 is 0 Å². The van der Waals surface area contributed by atoms with Crippen LogP contribution in [-0.4, -0.2) is 11.9 Å². The number of para-hydroxylation sites is 1. The lowest BCUT2D eigenvalue weighted by Gasteiger charge is -2.11. The average molecular weight is 270 g/mol. The number of rotatable bonds is 5. The molecule has 1 aromatic carbocycles. The highest BCUT2D eigenvalue weighted by Crippen LogP contribution is 2.21. The lowest BCUT2D eigenvalue weighted by molar-refractivity contribution is 0.102. The predicted octanol–water partition coefficient (Wildman–Crippen LogP) is 4.27. The first-order valence-electron chi connectivity index (χ1n) is 6.61. The largest absolute Gasteiger partial charge is 0.490 e. The van der Waals surface area contributed by atoms with Gasteiger partial charge < -0.3 is 9.15 Å². The van der Waals surface area contributed by atoms with Gasteiger partial charge in [0.2, 0.25) is 5.78 Å². The molecule has 0 aliphatic heterocycles. The summed E-state index contributed by atoms with van der Waals surface area (Å²) in [6, 6.07) is 11.1. The van der Waals surface area contributed by atoms with Crippen molar-refractivity contribution in [1.29, 1.82) is 0 Å². The number of ketones is 1. The van der Waals surface area contributed by atoms with Crippen LogP contribution < -0.4 is 4.74 Å². The molecule has 20 heavy (non-hydrogen) atoms. The van der Waals surface area contributed by atoms with Gasteiger partial charge >= 0.3 is 0 Å². The van der Waals surface area contributed by atoms with E-state index in [1.54, 1.807) is 18.2 Å². The van der Waals surface area contributed by atoms with Crippen LogP contribution in [0.3, 0.4) is 0 Å². The number of benzene rings is 1. The van der Waals surface area contributed by atoms with Crippen molar-refractivity contribution in [3.05, 3.63) is 59.6 Å². The lowest BCUT2D eigenvalue weighted by atomic mass is 10.1. The zero-order chi connectivity index (χ0) is 14.5. The van der Waals surface area contributed by atoms with Gasteiger partial charge in [-0.05, 0) is 51.1 Å². The standard InChI is InChI=1S/C17H18O3/c1-12(2)19-16-7-5-4-6-14(16)9-10-15(18)17-11-8-13(3)20-17/h4-12H,1-3H3/b10-9+. The maximum atomic E-state index is 11.9. The van der Waals surface area contributed by atoms with Crippen LogP contribution in [0.1, 0.15) is 35.7 Å². The Labute approximate surface area is 118 Å². The van der Waals surface area contributed by atoms with E-state index in [4.69, 9.17) is 9.15 Å². The molecule has 2 aromatic rings. The Balaban J connectivity index is 2.17. The minimum absolute atomic E-state index is 0.0907. The van der Waals surface area contributed by atoms with E-state index in [1.165, 1.54) is 6.08 Å². The number of hydrogen-bond acceptors (Lipinski definition) is 3. The van der Waals surface area contributed by atoms with Crippen molar-refractivity contribution in [2.75, 3.05) is 0 Å². The smallest absolute Gasteiger partial charge is 0.221 e. The lowest BCUT2D eigenvalue weighted by Crippen LogP contribution is -2.06. The van der Waals surface area contributed by atoms with Crippen molar-refractivity contribution in [1.82, 2.24) is 0 Å².